The highest BCUT2D eigenvalue weighted by Gasteiger charge is 2.66. The summed E-state index contributed by atoms with van der Waals surface area (Å²) in [4.78, 5) is 3.58. The summed E-state index contributed by atoms with van der Waals surface area (Å²) in [5.41, 5.74) is 9.22. The van der Waals surface area contributed by atoms with Gasteiger partial charge in [0.25, 0.3) is 6.02 Å². The summed E-state index contributed by atoms with van der Waals surface area (Å²) in [6.07, 6.45) is 1.27. The van der Waals surface area contributed by atoms with Gasteiger partial charge in [-0.1, -0.05) is 0 Å². The number of amidine groups is 1. The Bertz CT molecular complexity index is 704. The van der Waals surface area contributed by atoms with Gasteiger partial charge in [-0.15, -0.1) is 0 Å². The molecule has 0 unspecified atom stereocenters. The van der Waals surface area contributed by atoms with Crippen molar-refractivity contribution in [1.82, 2.24) is 0 Å². The zero-order chi connectivity index (χ0) is 17.0. The van der Waals surface area contributed by atoms with Crippen LogP contribution in [0.2, 0.25) is 0 Å². The number of nitrogens with two attached hydrogens (primary N) is 2. The molecule has 4 N–H and O–H groups in total. The summed E-state index contributed by atoms with van der Waals surface area (Å²) in [5, 5.41) is 0. The van der Waals surface area contributed by atoms with Crippen LogP contribution in [-0.4, -0.2) is 37.3 Å². The van der Waals surface area contributed by atoms with E-state index in [1.165, 1.54) is 6.07 Å². The minimum Gasteiger partial charge on any atom is -0.484 e. The summed E-state index contributed by atoms with van der Waals surface area (Å²) in [5.74, 6) is -2.91. The fourth-order valence-electron chi connectivity index (χ4n) is 3.82. The van der Waals surface area contributed by atoms with E-state index >= 15 is 8.78 Å². The Morgan fingerprint density at radius 2 is 2.00 bits per heavy atom. The molecule has 24 heavy (non-hydrogen) atoms. The lowest BCUT2D eigenvalue weighted by atomic mass is 9.72. The van der Waals surface area contributed by atoms with Crippen molar-refractivity contribution in [3.05, 3.63) is 23.8 Å². The maximum absolute atomic E-state index is 15.0. The summed E-state index contributed by atoms with van der Waals surface area (Å²) in [6, 6.07) is 4.44. The lowest BCUT2D eigenvalue weighted by molar-refractivity contribution is -0.227. The number of rotatable bonds is 0. The third-order valence-corrected chi connectivity index (χ3v) is 4.93. The maximum Gasteiger partial charge on any atom is 0.310 e. The number of nitrogen functional groups attached to an aromatic ring is 1. The lowest BCUT2D eigenvalue weighted by Crippen LogP contribution is -2.63. The molecule has 0 aromatic heterocycles. The second kappa shape index (κ2) is 4.95. The summed E-state index contributed by atoms with van der Waals surface area (Å²) >= 11 is 0. The Balaban J connectivity index is 1.91. The van der Waals surface area contributed by atoms with Crippen LogP contribution in [0, 0.1) is 0 Å². The molecule has 4 rings (SSSR count). The van der Waals surface area contributed by atoms with E-state index in [2.05, 4.69) is 4.99 Å². The molecule has 0 bridgehead atoms. The highest BCUT2D eigenvalue weighted by molar-refractivity contribution is 5.74. The summed E-state index contributed by atoms with van der Waals surface area (Å²) < 4.78 is 47.2. The average molecular weight is 339 g/mol. The molecule has 1 aromatic rings. The Morgan fingerprint density at radius 1 is 1.17 bits per heavy atom. The van der Waals surface area contributed by atoms with E-state index in [-0.39, 0.29) is 24.6 Å². The van der Waals surface area contributed by atoms with Crippen LogP contribution in [0.5, 0.6) is 5.75 Å². The van der Waals surface area contributed by atoms with Crippen LogP contribution in [-0.2, 0) is 15.1 Å². The van der Waals surface area contributed by atoms with Gasteiger partial charge in [0.05, 0.1) is 6.61 Å². The smallest absolute Gasteiger partial charge is 0.310 e. The van der Waals surface area contributed by atoms with Gasteiger partial charge in [0.15, 0.2) is 0 Å². The first kappa shape index (κ1) is 15.4. The van der Waals surface area contributed by atoms with Gasteiger partial charge < -0.3 is 25.7 Å². The zero-order valence-corrected chi connectivity index (χ0v) is 13.1. The lowest BCUT2D eigenvalue weighted by Gasteiger charge is -2.52. The molecule has 3 aliphatic heterocycles. The van der Waals surface area contributed by atoms with E-state index in [1.54, 1.807) is 12.1 Å². The standard InChI is InChI=1S/C16H19F2N3O3/c17-16(18)8-21-13(20)24-15(16)7-14(4-1-5-22-9-14)23-12-3-2-10(19)6-11(12)15/h2-3,6H,1,4-5,7-9,19H2,(H2,20,21)/t14-,15-/m1/s1. The van der Waals surface area contributed by atoms with Gasteiger partial charge in [-0.05, 0) is 31.0 Å². The van der Waals surface area contributed by atoms with Gasteiger partial charge in [-0.2, -0.15) is 8.78 Å². The van der Waals surface area contributed by atoms with Crippen LogP contribution < -0.4 is 16.2 Å². The van der Waals surface area contributed by atoms with Crippen molar-refractivity contribution >= 4 is 11.7 Å². The number of hydrogen-bond donors (Lipinski definition) is 2. The fourth-order valence-corrected chi connectivity index (χ4v) is 3.82. The highest BCUT2D eigenvalue weighted by atomic mass is 19.3. The zero-order valence-electron chi connectivity index (χ0n) is 13.1. The molecule has 2 spiro atoms. The van der Waals surface area contributed by atoms with Crippen LogP contribution in [0.15, 0.2) is 23.2 Å². The topological polar surface area (TPSA) is 92.1 Å². The number of ether oxygens (including phenoxy) is 3. The normalized spacial score (nSPS) is 34.2. The second-order valence-electron chi connectivity index (χ2n) is 6.66. The molecule has 1 saturated heterocycles. The van der Waals surface area contributed by atoms with Gasteiger partial charge >= 0.3 is 5.92 Å². The van der Waals surface area contributed by atoms with Gasteiger partial charge in [0.1, 0.15) is 17.9 Å². The predicted molar refractivity (Wildman–Crippen MR) is 83.1 cm³/mol. The van der Waals surface area contributed by atoms with Crippen LogP contribution >= 0.6 is 0 Å². The molecular formula is C16H19F2N3O3. The summed E-state index contributed by atoms with van der Waals surface area (Å²) in [7, 11) is 0. The van der Waals surface area contributed by atoms with E-state index in [9.17, 15) is 0 Å². The van der Waals surface area contributed by atoms with Crippen molar-refractivity contribution in [1.29, 1.82) is 0 Å². The van der Waals surface area contributed by atoms with Gasteiger partial charge in [-0.25, -0.2) is 4.99 Å². The van der Waals surface area contributed by atoms with E-state index in [0.717, 1.165) is 6.42 Å². The Hall–Kier alpha value is -2.09. The Morgan fingerprint density at radius 3 is 2.75 bits per heavy atom. The third kappa shape index (κ3) is 2.12. The largest absolute Gasteiger partial charge is 0.484 e. The van der Waals surface area contributed by atoms with Crippen LogP contribution in [0.3, 0.4) is 0 Å². The minimum atomic E-state index is -3.24. The van der Waals surface area contributed by atoms with E-state index in [0.29, 0.717) is 24.5 Å². The number of nitrogens with zero attached hydrogens (tertiary/aromatic N) is 1. The molecule has 1 fully saturated rings. The molecule has 8 heteroatoms. The first-order valence-corrected chi connectivity index (χ1v) is 7.89. The van der Waals surface area contributed by atoms with Crippen molar-refractivity contribution in [2.45, 2.75) is 36.4 Å². The number of hydrogen-bond acceptors (Lipinski definition) is 6. The van der Waals surface area contributed by atoms with Crippen LogP contribution in [0.4, 0.5) is 14.5 Å². The van der Waals surface area contributed by atoms with Crippen LogP contribution in [0.1, 0.15) is 24.8 Å². The molecule has 2 atom stereocenters. The minimum absolute atomic E-state index is 0.0698. The van der Waals surface area contributed by atoms with Crippen molar-refractivity contribution in [3.8, 4) is 5.75 Å². The van der Waals surface area contributed by atoms with Gasteiger partial charge in [0.2, 0.25) is 5.60 Å². The van der Waals surface area contributed by atoms with Crippen molar-refractivity contribution in [2.75, 3.05) is 25.5 Å². The molecule has 130 valence electrons. The van der Waals surface area contributed by atoms with Gasteiger partial charge in [0, 0.05) is 24.3 Å². The SMILES string of the molecule is NC1=NCC(F)(F)[C@]2(C[C@@]3(CCCOC3)Oc3ccc(N)cc32)O1. The van der Waals surface area contributed by atoms with Gasteiger partial charge in [-0.3, -0.25) is 0 Å². The molecule has 0 aliphatic carbocycles. The predicted octanol–water partition coefficient (Wildman–Crippen LogP) is 1.78. The molecule has 6 nitrogen and oxygen atoms in total. The van der Waals surface area contributed by atoms with Crippen molar-refractivity contribution in [3.63, 3.8) is 0 Å². The highest BCUT2D eigenvalue weighted by Crippen LogP contribution is 2.56. The number of benzene rings is 1. The quantitative estimate of drug-likeness (QED) is 0.703. The van der Waals surface area contributed by atoms with E-state index in [1.807, 2.05) is 0 Å². The molecule has 0 radical (unpaired) electrons. The Labute approximate surface area is 137 Å². The van der Waals surface area contributed by atoms with E-state index < -0.39 is 23.7 Å². The number of fused-ring (bicyclic) bond motifs is 2. The summed E-state index contributed by atoms with van der Waals surface area (Å²) in [6.45, 7) is 0.0899. The molecule has 1 aromatic carbocycles. The Kier molecular flexibility index (Phi) is 3.19. The van der Waals surface area contributed by atoms with E-state index in [4.69, 9.17) is 25.7 Å². The molecule has 0 amide bonds. The number of anilines is 1. The van der Waals surface area contributed by atoms with Crippen molar-refractivity contribution < 1.29 is 23.0 Å². The van der Waals surface area contributed by atoms with Crippen molar-refractivity contribution in [2.24, 2.45) is 10.7 Å². The average Bonchev–Trinajstić information content (AvgIpc) is 2.53. The second-order valence-corrected chi connectivity index (χ2v) is 6.66. The maximum atomic E-state index is 15.0. The third-order valence-electron chi connectivity index (χ3n) is 4.93. The molecular weight excluding hydrogens is 320 g/mol. The first-order chi connectivity index (χ1) is 11.4. The number of halogens is 2. The monoisotopic (exact) mass is 339 g/mol. The molecule has 3 heterocycles. The fraction of sp³-hybridized carbons (Fsp3) is 0.562. The molecule has 3 aliphatic rings. The number of alkyl halides is 2. The number of aliphatic imine (C=N–C) groups is 1. The van der Waals surface area contributed by atoms with Crippen LogP contribution in [0.25, 0.3) is 0 Å². The first-order valence-electron chi connectivity index (χ1n) is 7.89. The molecule has 0 saturated carbocycles.